The molecule has 0 saturated heterocycles. The molecule has 1 aromatic carbocycles. The van der Waals surface area contributed by atoms with Crippen LogP contribution < -0.4 is 16.2 Å². The van der Waals surface area contributed by atoms with Gasteiger partial charge < -0.3 is 11.1 Å². The molecule has 0 bridgehead atoms. The molecule has 0 atom stereocenters. The van der Waals surface area contributed by atoms with E-state index in [0.717, 1.165) is 0 Å². The number of nitrogens with two attached hydrogens (primary N) is 2. The van der Waals surface area contributed by atoms with Crippen molar-refractivity contribution in [1.29, 1.82) is 0 Å². The van der Waals surface area contributed by atoms with Crippen LogP contribution in [0.25, 0.3) is 0 Å². The fourth-order valence-electron chi connectivity index (χ4n) is 1.48. The molecule has 1 aromatic heterocycles. The maximum Gasteiger partial charge on any atom is 0.238 e. The van der Waals surface area contributed by atoms with Crippen molar-refractivity contribution in [2.75, 3.05) is 11.1 Å². The number of benzene rings is 1. The summed E-state index contributed by atoms with van der Waals surface area (Å²) in [5, 5.41) is 7.69. The van der Waals surface area contributed by atoms with Gasteiger partial charge in [-0.05, 0) is 24.3 Å². The lowest BCUT2D eigenvalue weighted by atomic mass is 10.3. The quantitative estimate of drug-likeness (QED) is 0.559. The molecular formula is C11H10ClN5O3S. The number of rotatable bonds is 4. The standard InChI is InChI=1S/C11H10ClN5O3S/c12-9-8(5-18)10(13)17-11(16-9)15-6-1-3-7(4-2-6)21(14,19)20/h1-5H,(H2,14,19,20)(H3,13,15,16,17). The third-order valence-corrected chi connectivity index (χ3v) is 3.70. The van der Waals surface area contributed by atoms with Crippen LogP contribution in [0, 0.1) is 0 Å². The fraction of sp³-hybridized carbons (Fsp3) is 0. The van der Waals surface area contributed by atoms with Gasteiger partial charge in [0.15, 0.2) is 6.29 Å². The average molecular weight is 328 g/mol. The van der Waals surface area contributed by atoms with Crippen molar-refractivity contribution in [3.8, 4) is 0 Å². The fourth-order valence-corrected chi connectivity index (χ4v) is 2.22. The minimum absolute atomic E-state index is 0.00629. The summed E-state index contributed by atoms with van der Waals surface area (Å²) in [6, 6.07) is 5.59. The second-order valence-electron chi connectivity index (χ2n) is 3.95. The van der Waals surface area contributed by atoms with E-state index in [1.165, 1.54) is 24.3 Å². The van der Waals surface area contributed by atoms with Gasteiger partial charge in [-0.3, -0.25) is 4.79 Å². The number of aromatic nitrogens is 2. The zero-order chi connectivity index (χ0) is 15.6. The number of carbonyl (C=O) groups excluding carboxylic acids is 1. The molecule has 10 heteroatoms. The van der Waals surface area contributed by atoms with E-state index >= 15 is 0 Å². The number of hydrogen-bond donors (Lipinski definition) is 3. The first kappa shape index (κ1) is 15.2. The Bertz CT molecular complexity index is 769. The highest BCUT2D eigenvalue weighted by atomic mass is 35.5. The van der Waals surface area contributed by atoms with Crippen LogP contribution >= 0.6 is 11.6 Å². The van der Waals surface area contributed by atoms with Gasteiger partial charge >= 0.3 is 0 Å². The number of nitrogen functional groups attached to an aromatic ring is 1. The summed E-state index contributed by atoms with van der Waals surface area (Å²) in [4.78, 5) is 18.4. The van der Waals surface area contributed by atoms with Gasteiger partial charge in [-0.1, -0.05) is 11.6 Å². The van der Waals surface area contributed by atoms with E-state index in [2.05, 4.69) is 15.3 Å². The van der Waals surface area contributed by atoms with Crippen LogP contribution in [0.15, 0.2) is 29.2 Å². The van der Waals surface area contributed by atoms with Gasteiger partial charge in [0.25, 0.3) is 0 Å². The summed E-state index contributed by atoms with van der Waals surface area (Å²) in [5.74, 6) is 0.0140. The SMILES string of the molecule is Nc1nc(Nc2ccc(S(N)(=O)=O)cc2)nc(Cl)c1C=O. The molecule has 8 nitrogen and oxygen atoms in total. The molecule has 2 aromatic rings. The molecule has 0 spiro atoms. The molecule has 0 aliphatic rings. The number of aldehydes is 1. The number of halogens is 1. The molecule has 0 saturated carbocycles. The van der Waals surface area contributed by atoms with E-state index in [4.69, 9.17) is 22.5 Å². The Labute approximate surface area is 125 Å². The van der Waals surface area contributed by atoms with Gasteiger partial charge in [-0.15, -0.1) is 0 Å². The highest BCUT2D eigenvalue weighted by Gasteiger charge is 2.11. The summed E-state index contributed by atoms with van der Waals surface area (Å²) < 4.78 is 22.3. The summed E-state index contributed by atoms with van der Waals surface area (Å²) in [5.41, 5.74) is 6.07. The third-order valence-electron chi connectivity index (χ3n) is 2.49. The van der Waals surface area contributed by atoms with Crippen molar-refractivity contribution in [3.05, 3.63) is 35.0 Å². The van der Waals surface area contributed by atoms with Gasteiger partial charge in [-0.25, -0.2) is 13.6 Å². The van der Waals surface area contributed by atoms with Crippen LogP contribution in [0.2, 0.25) is 5.15 Å². The molecule has 0 radical (unpaired) electrons. The van der Waals surface area contributed by atoms with E-state index in [9.17, 15) is 13.2 Å². The Kier molecular flexibility index (Phi) is 4.07. The number of nitrogens with zero attached hydrogens (tertiary/aromatic N) is 2. The monoisotopic (exact) mass is 327 g/mol. The maximum atomic E-state index is 11.1. The molecule has 5 N–H and O–H groups in total. The van der Waals surface area contributed by atoms with E-state index in [-0.39, 0.29) is 27.4 Å². The van der Waals surface area contributed by atoms with Gasteiger partial charge in [0, 0.05) is 5.69 Å². The van der Waals surface area contributed by atoms with E-state index in [1.54, 1.807) is 0 Å². The molecule has 0 amide bonds. The maximum absolute atomic E-state index is 11.1. The Morgan fingerprint density at radius 1 is 1.19 bits per heavy atom. The zero-order valence-corrected chi connectivity index (χ0v) is 12.0. The molecule has 110 valence electrons. The van der Waals surface area contributed by atoms with Crippen molar-refractivity contribution in [1.82, 2.24) is 9.97 Å². The zero-order valence-electron chi connectivity index (χ0n) is 10.4. The summed E-state index contributed by atoms with van der Waals surface area (Å²) >= 11 is 5.79. The second-order valence-corrected chi connectivity index (χ2v) is 5.87. The van der Waals surface area contributed by atoms with Crippen LogP contribution in [-0.4, -0.2) is 24.7 Å². The van der Waals surface area contributed by atoms with Crippen molar-refractivity contribution in [2.45, 2.75) is 4.90 Å². The summed E-state index contributed by atoms with van der Waals surface area (Å²) in [6.45, 7) is 0. The lowest BCUT2D eigenvalue weighted by Crippen LogP contribution is -2.12. The van der Waals surface area contributed by atoms with Gasteiger partial charge in [0.2, 0.25) is 16.0 Å². The smallest absolute Gasteiger partial charge is 0.238 e. The number of anilines is 3. The average Bonchev–Trinajstić information content (AvgIpc) is 2.38. The molecule has 2 rings (SSSR count). The van der Waals surface area contributed by atoms with Crippen molar-refractivity contribution in [3.63, 3.8) is 0 Å². The molecule has 0 aliphatic carbocycles. The van der Waals surface area contributed by atoms with E-state index in [0.29, 0.717) is 12.0 Å². The number of primary sulfonamides is 1. The van der Waals surface area contributed by atoms with Crippen molar-refractivity contribution >= 4 is 45.4 Å². The van der Waals surface area contributed by atoms with Gasteiger partial charge in [0.1, 0.15) is 11.0 Å². The van der Waals surface area contributed by atoms with Gasteiger partial charge in [0.05, 0.1) is 10.5 Å². The Hall–Kier alpha value is -2.23. The van der Waals surface area contributed by atoms with E-state index in [1.807, 2.05) is 0 Å². The number of hydrogen-bond acceptors (Lipinski definition) is 7. The predicted molar refractivity (Wildman–Crippen MR) is 77.9 cm³/mol. The number of sulfonamides is 1. The Morgan fingerprint density at radius 3 is 2.29 bits per heavy atom. The Morgan fingerprint density at radius 2 is 1.81 bits per heavy atom. The van der Waals surface area contributed by atoms with Crippen LogP contribution in [0.5, 0.6) is 0 Å². The topological polar surface area (TPSA) is 141 Å². The number of carbonyl (C=O) groups is 1. The van der Waals surface area contributed by atoms with Crippen molar-refractivity contribution in [2.24, 2.45) is 5.14 Å². The molecule has 0 aliphatic heterocycles. The lowest BCUT2D eigenvalue weighted by molar-refractivity contribution is 0.112. The normalized spacial score (nSPS) is 11.1. The summed E-state index contributed by atoms with van der Waals surface area (Å²) in [6.07, 6.45) is 0.461. The van der Waals surface area contributed by atoms with Crippen molar-refractivity contribution < 1.29 is 13.2 Å². The highest BCUT2D eigenvalue weighted by molar-refractivity contribution is 7.89. The van der Waals surface area contributed by atoms with Crippen LogP contribution in [0.4, 0.5) is 17.5 Å². The predicted octanol–water partition coefficient (Wildman–Crippen LogP) is 0.916. The molecule has 1 heterocycles. The minimum atomic E-state index is -3.75. The van der Waals surface area contributed by atoms with Gasteiger partial charge in [-0.2, -0.15) is 9.97 Å². The Balaban J connectivity index is 2.29. The molecular weight excluding hydrogens is 318 g/mol. The highest BCUT2D eigenvalue weighted by Crippen LogP contribution is 2.21. The first-order chi connectivity index (χ1) is 9.81. The van der Waals surface area contributed by atoms with E-state index < -0.39 is 10.0 Å². The second kappa shape index (κ2) is 5.64. The summed E-state index contributed by atoms with van der Waals surface area (Å²) in [7, 11) is -3.75. The third kappa shape index (κ3) is 3.45. The lowest BCUT2D eigenvalue weighted by Gasteiger charge is -2.08. The van der Waals surface area contributed by atoms with Crippen LogP contribution in [-0.2, 0) is 10.0 Å². The van der Waals surface area contributed by atoms with Crippen LogP contribution in [0.1, 0.15) is 10.4 Å². The first-order valence-electron chi connectivity index (χ1n) is 5.49. The largest absolute Gasteiger partial charge is 0.383 e. The first-order valence-corrected chi connectivity index (χ1v) is 7.42. The molecule has 0 fully saturated rings. The number of nitrogens with one attached hydrogen (secondary N) is 1. The molecule has 0 unspecified atom stereocenters. The molecule has 21 heavy (non-hydrogen) atoms. The van der Waals surface area contributed by atoms with Crippen LogP contribution in [0.3, 0.4) is 0 Å². The minimum Gasteiger partial charge on any atom is -0.383 e.